The number of nitrogens with one attached hydrogen (secondary N) is 1. The van der Waals surface area contributed by atoms with Crippen molar-refractivity contribution in [3.8, 4) is 0 Å². The first-order valence-electron chi connectivity index (χ1n) is 12.7. The molecule has 8 nitrogen and oxygen atoms in total. The summed E-state index contributed by atoms with van der Waals surface area (Å²) < 4.78 is 22.6. The van der Waals surface area contributed by atoms with Gasteiger partial charge in [-0.2, -0.15) is 0 Å². The second-order valence-corrected chi connectivity index (χ2v) is 12.1. The van der Waals surface area contributed by atoms with Crippen LogP contribution >= 0.6 is 34.8 Å². The molecular formula is C27H31Cl3N2O6. The second kappa shape index (κ2) is 12.0. The number of amides is 1. The number of anilines is 1. The Morgan fingerprint density at radius 1 is 0.974 bits per heavy atom. The van der Waals surface area contributed by atoms with E-state index in [2.05, 4.69) is 10.2 Å². The zero-order chi connectivity index (χ0) is 26.8. The maximum absolute atomic E-state index is 12.0. The lowest BCUT2D eigenvalue weighted by molar-refractivity contribution is -0.255. The first kappa shape index (κ1) is 28.1. The van der Waals surface area contributed by atoms with Crippen LogP contribution in [0.5, 0.6) is 0 Å². The van der Waals surface area contributed by atoms with Crippen molar-refractivity contribution in [2.45, 2.75) is 53.9 Å². The maximum Gasteiger partial charge on any atom is 0.276 e. The number of piperidine rings is 1. The summed E-state index contributed by atoms with van der Waals surface area (Å²) in [5.74, 6) is -1.15. The number of hydrogen-bond donors (Lipinski definition) is 2. The average molecular weight is 586 g/mol. The number of ether oxygens (including phenoxy) is 4. The van der Waals surface area contributed by atoms with Gasteiger partial charge in [0.2, 0.25) is 0 Å². The summed E-state index contributed by atoms with van der Waals surface area (Å²) in [6.45, 7) is 3.82. The fourth-order valence-corrected chi connectivity index (χ4v) is 5.25. The summed E-state index contributed by atoms with van der Waals surface area (Å²) in [5.41, 5.74) is 3.17. The molecule has 3 heterocycles. The zero-order valence-electron chi connectivity index (χ0n) is 20.8. The average Bonchev–Trinajstić information content (AvgIpc) is 3.38. The fraction of sp³-hybridized carbons (Fsp3) is 0.519. The number of aliphatic hydroxyl groups excluding tert-OH is 1. The molecular weight excluding hydrogens is 555 g/mol. The van der Waals surface area contributed by atoms with Crippen LogP contribution in [0.1, 0.15) is 48.3 Å². The van der Waals surface area contributed by atoms with Crippen LogP contribution in [0.25, 0.3) is 0 Å². The van der Waals surface area contributed by atoms with E-state index < -0.39 is 21.8 Å². The second-order valence-electron chi connectivity index (χ2n) is 9.83. The third-order valence-corrected chi connectivity index (χ3v) is 7.72. The Morgan fingerprint density at radius 3 is 2.21 bits per heavy atom. The molecule has 3 saturated heterocycles. The van der Waals surface area contributed by atoms with Gasteiger partial charge in [0.15, 0.2) is 12.1 Å². The van der Waals surface area contributed by atoms with Gasteiger partial charge in [0.1, 0.15) is 0 Å². The highest BCUT2D eigenvalue weighted by atomic mass is 35.6. The van der Waals surface area contributed by atoms with Crippen LogP contribution in [0.4, 0.5) is 5.69 Å². The maximum atomic E-state index is 12.0. The lowest BCUT2D eigenvalue weighted by Gasteiger charge is -2.41. The molecule has 1 amide bonds. The third kappa shape index (κ3) is 6.81. The van der Waals surface area contributed by atoms with Gasteiger partial charge in [0.25, 0.3) is 9.70 Å². The largest absolute Gasteiger partial charge is 0.392 e. The summed E-state index contributed by atoms with van der Waals surface area (Å²) in [6, 6.07) is 14.9. The molecule has 0 unspecified atom stereocenters. The minimum atomic E-state index is -2.05. The van der Waals surface area contributed by atoms with Crippen molar-refractivity contribution in [3.63, 3.8) is 0 Å². The Labute approximate surface area is 237 Å². The molecule has 3 aliphatic heterocycles. The Kier molecular flexibility index (Phi) is 8.84. The third-order valence-electron chi connectivity index (χ3n) is 7.21. The van der Waals surface area contributed by atoms with Crippen LogP contribution in [0.2, 0.25) is 0 Å². The van der Waals surface area contributed by atoms with Crippen molar-refractivity contribution >= 4 is 46.4 Å². The van der Waals surface area contributed by atoms with E-state index in [-0.39, 0.29) is 18.8 Å². The molecule has 3 atom stereocenters. The summed E-state index contributed by atoms with van der Waals surface area (Å²) in [7, 11) is 0. The molecule has 0 aliphatic carbocycles. The van der Waals surface area contributed by atoms with E-state index in [9.17, 15) is 9.90 Å². The van der Waals surface area contributed by atoms with E-state index in [0.717, 1.165) is 49.2 Å². The molecule has 0 radical (unpaired) electrons. The van der Waals surface area contributed by atoms with Crippen LogP contribution in [0.15, 0.2) is 48.5 Å². The lowest BCUT2D eigenvalue weighted by atomic mass is 9.98. The van der Waals surface area contributed by atoms with E-state index in [0.29, 0.717) is 25.3 Å². The van der Waals surface area contributed by atoms with Crippen LogP contribution in [-0.4, -0.2) is 64.4 Å². The molecule has 38 heavy (non-hydrogen) atoms. The Bertz CT molecular complexity index is 1080. The van der Waals surface area contributed by atoms with Crippen LogP contribution < -0.4 is 5.32 Å². The Morgan fingerprint density at radius 2 is 1.61 bits per heavy atom. The standard InChI is InChI=1S/C27H31Cl3N2O6/c28-27(29,30)25(34)31-21-7-5-20(6-8-21)24-37-22(15-23(38-24)19-3-1-18(17-33)2-4-19)16-32-11-9-26(10-12-32)35-13-14-36-26/h1-8,22-24,33H,9-17H2,(H,31,34)/t22-,23+,24+/m0/s1. The van der Waals surface area contributed by atoms with E-state index in [4.69, 9.17) is 53.8 Å². The highest BCUT2D eigenvalue weighted by molar-refractivity contribution is 6.76. The zero-order valence-corrected chi connectivity index (χ0v) is 23.1. The van der Waals surface area contributed by atoms with Crippen molar-refractivity contribution in [1.29, 1.82) is 0 Å². The van der Waals surface area contributed by atoms with Crippen molar-refractivity contribution in [1.82, 2.24) is 4.90 Å². The SMILES string of the molecule is O=C(Nc1ccc([C@@H]2O[C@H](CN3CCC4(CC3)OCCO4)C[C@H](c3ccc(CO)cc3)O2)cc1)C(Cl)(Cl)Cl. The van der Waals surface area contributed by atoms with E-state index in [1.54, 1.807) is 12.1 Å². The van der Waals surface area contributed by atoms with Gasteiger partial charge < -0.3 is 34.3 Å². The number of rotatable bonds is 6. The molecule has 0 aromatic heterocycles. The molecule has 3 fully saturated rings. The summed E-state index contributed by atoms with van der Waals surface area (Å²) in [4.78, 5) is 14.4. The summed E-state index contributed by atoms with van der Waals surface area (Å²) in [5, 5.41) is 12.0. The highest BCUT2D eigenvalue weighted by Gasteiger charge is 2.41. The Hall–Kier alpha value is -1.46. The molecule has 5 rings (SSSR count). The predicted octanol–water partition coefficient (Wildman–Crippen LogP) is 4.87. The molecule has 11 heteroatoms. The normalized spacial score (nSPS) is 25.9. The van der Waals surface area contributed by atoms with Gasteiger partial charge in [-0.15, -0.1) is 0 Å². The van der Waals surface area contributed by atoms with Gasteiger partial charge >= 0.3 is 0 Å². The number of carbonyl (C=O) groups is 1. The lowest BCUT2D eigenvalue weighted by Crippen LogP contribution is -2.48. The molecule has 3 aliphatic rings. The molecule has 0 bridgehead atoms. The van der Waals surface area contributed by atoms with Crippen LogP contribution in [0.3, 0.4) is 0 Å². The fourth-order valence-electron chi connectivity index (χ4n) is 5.11. The smallest absolute Gasteiger partial charge is 0.276 e. The number of likely N-dealkylation sites (tertiary alicyclic amines) is 1. The highest BCUT2D eigenvalue weighted by Crippen LogP contribution is 2.39. The molecule has 2 N–H and O–H groups in total. The van der Waals surface area contributed by atoms with Gasteiger partial charge in [-0.25, -0.2) is 0 Å². The first-order valence-corrected chi connectivity index (χ1v) is 13.9. The summed E-state index contributed by atoms with van der Waals surface area (Å²) in [6.07, 6.45) is 1.51. The van der Waals surface area contributed by atoms with Crippen molar-refractivity contribution in [2.24, 2.45) is 0 Å². The van der Waals surface area contributed by atoms with Crippen LogP contribution in [-0.2, 0) is 30.3 Å². The monoisotopic (exact) mass is 584 g/mol. The van der Waals surface area contributed by atoms with Crippen molar-refractivity contribution < 1.29 is 28.8 Å². The van der Waals surface area contributed by atoms with Gasteiger partial charge in [0.05, 0.1) is 32.0 Å². The first-order chi connectivity index (χ1) is 18.2. The molecule has 2 aromatic carbocycles. The molecule has 0 saturated carbocycles. The van der Waals surface area contributed by atoms with E-state index >= 15 is 0 Å². The Balaban J connectivity index is 1.29. The van der Waals surface area contributed by atoms with Gasteiger partial charge in [0, 0.05) is 50.1 Å². The topological polar surface area (TPSA) is 89.5 Å². The number of halogens is 3. The van der Waals surface area contributed by atoms with Gasteiger partial charge in [-0.3, -0.25) is 4.79 Å². The van der Waals surface area contributed by atoms with Gasteiger partial charge in [-0.05, 0) is 23.3 Å². The summed E-state index contributed by atoms with van der Waals surface area (Å²) >= 11 is 17.0. The number of nitrogens with zero attached hydrogens (tertiary/aromatic N) is 1. The minimum Gasteiger partial charge on any atom is -0.392 e. The molecule has 206 valence electrons. The van der Waals surface area contributed by atoms with E-state index in [1.165, 1.54) is 0 Å². The number of carbonyl (C=O) groups excluding carboxylic acids is 1. The quantitative estimate of drug-likeness (QED) is 0.468. The minimum absolute atomic E-state index is 0.00872. The number of alkyl halides is 3. The van der Waals surface area contributed by atoms with Crippen molar-refractivity contribution in [2.75, 3.05) is 38.2 Å². The molecule has 2 aromatic rings. The number of benzene rings is 2. The number of hydrogen-bond acceptors (Lipinski definition) is 7. The molecule has 1 spiro atoms. The number of aliphatic hydroxyl groups is 1. The predicted molar refractivity (Wildman–Crippen MR) is 144 cm³/mol. The van der Waals surface area contributed by atoms with Crippen LogP contribution in [0, 0.1) is 0 Å². The van der Waals surface area contributed by atoms with Crippen molar-refractivity contribution in [3.05, 3.63) is 65.2 Å². The van der Waals surface area contributed by atoms with E-state index in [1.807, 2.05) is 36.4 Å². The van der Waals surface area contributed by atoms with Gasteiger partial charge in [-0.1, -0.05) is 71.2 Å².